The van der Waals surface area contributed by atoms with Gasteiger partial charge >= 0.3 is 0 Å². The smallest absolute Gasteiger partial charge is 0.159 e. The molecule has 7 rings (SSSR count). The molecule has 212 valence electrons. The third-order valence-electron chi connectivity index (χ3n) is 9.15. The average molecular weight is 700 g/mol. The summed E-state index contributed by atoms with van der Waals surface area (Å²) in [6, 6.07) is 15.2. The largest absolute Gasteiger partial charge is 0.371 e. The summed E-state index contributed by atoms with van der Waals surface area (Å²) in [5.74, 6) is -1.12. The molecule has 3 nitrogen and oxygen atoms in total. The first-order valence-corrected chi connectivity index (χ1v) is 16.1. The maximum absolute atomic E-state index is 7.50. The van der Waals surface area contributed by atoms with Gasteiger partial charge in [-0.05, 0) is 69.0 Å². The van der Waals surface area contributed by atoms with E-state index in [0.29, 0.717) is 10.0 Å². The summed E-state index contributed by atoms with van der Waals surface area (Å²) < 4.78 is 7.25. The Balaban J connectivity index is 1.53. The van der Waals surface area contributed by atoms with Gasteiger partial charge in [-0.3, -0.25) is 0 Å². The molecule has 0 N–H and O–H groups in total. The summed E-state index contributed by atoms with van der Waals surface area (Å²) in [6.07, 6.45) is -0.279. The predicted octanol–water partition coefficient (Wildman–Crippen LogP) is 9.83. The van der Waals surface area contributed by atoms with Crippen LogP contribution in [0.2, 0.25) is 10.0 Å². The van der Waals surface area contributed by atoms with Gasteiger partial charge in [0.1, 0.15) is 9.75 Å². The number of fused-ring (bicyclic) bond motifs is 12. The molecular formula is C29H24Cl8N2O. The Kier molecular flexibility index (Phi) is 6.45. The van der Waals surface area contributed by atoms with Crippen LogP contribution < -0.4 is 0 Å². The summed E-state index contributed by atoms with van der Waals surface area (Å²) in [4.78, 5) is -2.60. The van der Waals surface area contributed by atoms with E-state index in [0.717, 1.165) is 28.2 Å². The Morgan fingerprint density at radius 1 is 0.775 bits per heavy atom. The monoisotopic (exact) mass is 696 g/mol. The van der Waals surface area contributed by atoms with Crippen LogP contribution in [0.1, 0.15) is 43.9 Å². The lowest BCUT2D eigenvalue weighted by Gasteiger charge is -2.44. The average Bonchev–Trinajstić information content (AvgIpc) is 3.57. The zero-order chi connectivity index (χ0) is 28.7. The second kappa shape index (κ2) is 8.99. The third kappa shape index (κ3) is 3.42. The lowest BCUT2D eigenvalue weighted by molar-refractivity contribution is -0.0705. The molecule has 4 bridgehead atoms. The van der Waals surface area contributed by atoms with Crippen molar-refractivity contribution in [3.8, 4) is 16.9 Å². The van der Waals surface area contributed by atoms with E-state index in [9.17, 15) is 0 Å². The van der Waals surface area contributed by atoms with E-state index in [1.54, 1.807) is 0 Å². The molecule has 3 fully saturated rings. The van der Waals surface area contributed by atoms with E-state index in [1.165, 1.54) is 0 Å². The number of alkyl halides is 6. The maximum Gasteiger partial charge on any atom is 0.159 e. The molecule has 2 aromatic carbocycles. The number of hydrogen-bond acceptors (Lipinski definition) is 2. The first kappa shape index (κ1) is 28.7. The molecule has 4 aliphatic rings. The Morgan fingerprint density at radius 2 is 1.27 bits per heavy atom. The van der Waals surface area contributed by atoms with Gasteiger partial charge in [0.2, 0.25) is 0 Å². The highest BCUT2D eigenvalue weighted by Gasteiger charge is 2.91. The minimum absolute atomic E-state index is 0.239. The minimum Gasteiger partial charge on any atom is -0.371 e. The molecule has 40 heavy (non-hydrogen) atoms. The molecule has 4 unspecified atom stereocenters. The second-order valence-corrected chi connectivity index (χ2v) is 16.6. The van der Waals surface area contributed by atoms with Crippen LogP contribution >= 0.6 is 92.8 Å². The molecule has 0 saturated heterocycles. The zero-order valence-corrected chi connectivity index (χ0v) is 27.5. The Labute approximate surface area is 273 Å². The fraction of sp³-hybridized carbons (Fsp3) is 0.483. The first-order chi connectivity index (χ1) is 18.6. The lowest BCUT2D eigenvalue weighted by atomic mass is 9.69. The number of benzene rings is 2. The molecule has 4 aliphatic carbocycles. The van der Waals surface area contributed by atoms with Gasteiger partial charge in [0, 0.05) is 33.0 Å². The van der Waals surface area contributed by atoms with Crippen LogP contribution in [0.15, 0.2) is 48.5 Å². The summed E-state index contributed by atoms with van der Waals surface area (Å²) in [6.45, 7) is 6.13. The van der Waals surface area contributed by atoms with Gasteiger partial charge in [0.05, 0.1) is 39.5 Å². The van der Waals surface area contributed by atoms with Crippen LogP contribution in [0.3, 0.4) is 0 Å². The fourth-order valence-electron chi connectivity index (χ4n) is 7.89. The van der Waals surface area contributed by atoms with Gasteiger partial charge in [0.15, 0.2) is 4.33 Å². The van der Waals surface area contributed by atoms with Gasteiger partial charge < -0.3 is 4.74 Å². The quantitative estimate of drug-likeness (QED) is 0.201. The molecule has 11 heteroatoms. The summed E-state index contributed by atoms with van der Waals surface area (Å²) >= 11 is 55.7. The van der Waals surface area contributed by atoms with E-state index < -0.39 is 30.4 Å². The van der Waals surface area contributed by atoms with Gasteiger partial charge in [0.25, 0.3) is 0 Å². The third-order valence-corrected chi connectivity index (χ3v) is 14.4. The van der Waals surface area contributed by atoms with Crippen molar-refractivity contribution in [1.82, 2.24) is 9.78 Å². The van der Waals surface area contributed by atoms with E-state index in [1.807, 2.05) is 74.0 Å². The van der Waals surface area contributed by atoms with E-state index in [4.69, 9.17) is 103 Å². The molecular weight excluding hydrogens is 676 g/mol. The van der Waals surface area contributed by atoms with Gasteiger partial charge in [-0.25, -0.2) is 4.68 Å². The van der Waals surface area contributed by atoms with Crippen molar-refractivity contribution < 1.29 is 4.74 Å². The molecule has 1 aromatic heterocycles. The van der Waals surface area contributed by atoms with Crippen LogP contribution in [0.4, 0.5) is 0 Å². The maximum atomic E-state index is 7.50. The number of halogens is 8. The first-order valence-electron chi connectivity index (χ1n) is 13.0. The molecule has 0 radical (unpaired) electrons. The summed E-state index contributed by atoms with van der Waals surface area (Å²) in [7, 11) is 0. The van der Waals surface area contributed by atoms with E-state index >= 15 is 0 Å². The van der Waals surface area contributed by atoms with Crippen LogP contribution in [0, 0.1) is 11.8 Å². The normalized spacial score (nSPS) is 38.6. The topological polar surface area (TPSA) is 27.1 Å². The number of ether oxygens (including phenoxy) is 1. The molecule has 3 saturated carbocycles. The fourth-order valence-corrected chi connectivity index (χ4v) is 11.6. The predicted molar refractivity (Wildman–Crippen MR) is 167 cm³/mol. The van der Waals surface area contributed by atoms with Crippen LogP contribution in [-0.2, 0) is 4.74 Å². The highest BCUT2D eigenvalue weighted by atomic mass is 35.5. The standard InChI is InChI=1S/C29H24Cl8N2O/c1-26(2,3)40-23-16-17-21(12-4-6-13(30)7-5-12)38-39(15-10-8-14(31)9-11-15)22(17)18(23)20-19(16)27(34)24(32)25(33)28(20,35)29(27,36)37/h4-11,16,18-20,23-25H,1-3H3/t16-,18-,19?,20?,23-,24?,25?,27+,28-/m1/s1. The van der Waals surface area contributed by atoms with Crippen molar-refractivity contribution >= 4 is 92.8 Å². The second-order valence-electron chi connectivity index (χ2n) is 12.3. The van der Waals surface area contributed by atoms with Crippen molar-refractivity contribution in [3.63, 3.8) is 0 Å². The molecule has 0 amide bonds. The highest BCUT2D eigenvalue weighted by molar-refractivity contribution is 6.62. The van der Waals surface area contributed by atoms with Crippen LogP contribution in [0.25, 0.3) is 16.9 Å². The SMILES string of the molecule is CC(C)(C)O[C@@H]1[C@@H]2c3c(-c4ccc(Cl)cc4)nn(-c4ccc(Cl)cc4)c3[C@H]1C1C2[C@]2(Cl)C(Cl)C(Cl)[C@@]1(Cl)C2(Cl)Cl. The summed E-state index contributed by atoms with van der Waals surface area (Å²) in [5, 5.41) is 4.93. The molecule has 9 atom stereocenters. The molecule has 0 aliphatic heterocycles. The Bertz CT molecular complexity index is 1410. The zero-order valence-electron chi connectivity index (χ0n) is 21.5. The Hall–Kier alpha value is -0.0700. The van der Waals surface area contributed by atoms with Gasteiger partial charge in [-0.15, -0.1) is 46.4 Å². The van der Waals surface area contributed by atoms with E-state index in [2.05, 4.69) is 0 Å². The number of rotatable bonds is 3. The van der Waals surface area contributed by atoms with Crippen LogP contribution in [0.5, 0.6) is 0 Å². The van der Waals surface area contributed by atoms with E-state index in [-0.39, 0.29) is 29.8 Å². The van der Waals surface area contributed by atoms with Crippen molar-refractivity contribution in [1.29, 1.82) is 0 Å². The molecule has 1 heterocycles. The summed E-state index contributed by atoms with van der Waals surface area (Å²) in [5.41, 5.74) is 4.14. The molecule has 0 spiro atoms. The van der Waals surface area contributed by atoms with Gasteiger partial charge in [-0.2, -0.15) is 5.10 Å². The van der Waals surface area contributed by atoms with Crippen molar-refractivity contribution in [3.05, 3.63) is 69.8 Å². The molecule has 3 aromatic rings. The van der Waals surface area contributed by atoms with Crippen molar-refractivity contribution in [2.75, 3.05) is 0 Å². The number of aromatic nitrogens is 2. The minimum atomic E-state index is -1.58. The van der Waals surface area contributed by atoms with Crippen molar-refractivity contribution in [2.45, 2.75) is 69.1 Å². The lowest BCUT2D eigenvalue weighted by Crippen LogP contribution is -2.51. The Morgan fingerprint density at radius 3 is 1.80 bits per heavy atom. The van der Waals surface area contributed by atoms with Crippen LogP contribution in [-0.4, -0.2) is 46.3 Å². The van der Waals surface area contributed by atoms with Crippen molar-refractivity contribution in [2.24, 2.45) is 11.8 Å². The number of hydrogen-bond donors (Lipinski definition) is 0. The number of nitrogens with zero attached hydrogens (tertiary/aromatic N) is 2. The van der Waals surface area contributed by atoms with Gasteiger partial charge in [-0.1, -0.05) is 58.5 Å². The highest BCUT2D eigenvalue weighted by Crippen LogP contribution is 2.84.